The van der Waals surface area contributed by atoms with E-state index in [9.17, 15) is 0 Å². The third-order valence-corrected chi connectivity index (χ3v) is 7.44. The van der Waals surface area contributed by atoms with Crippen molar-refractivity contribution in [3.05, 3.63) is 0 Å². The molecule has 2 fully saturated rings. The second-order valence-electron chi connectivity index (χ2n) is 5.34. The van der Waals surface area contributed by atoms with Crippen LogP contribution in [0, 0.1) is 11.8 Å². The number of rotatable bonds is 3. The van der Waals surface area contributed by atoms with Gasteiger partial charge in [0.05, 0.1) is 0 Å². The zero-order valence-electron chi connectivity index (χ0n) is 9.34. The van der Waals surface area contributed by atoms with Gasteiger partial charge in [-0.05, 0) is 17.4 Å². The molecule has 0 amide bonds. The van der Waals surface area contributed by atoms with Crippen molar-refractivity contribution in [3.63, 3.8) is 0 Å². The molecular weight excluding hydrogens is 208 g/mol. The lowest BCUT2D eigenvalue weighted by Gasteiger charge is -2.30. The van der Waals surface area contributed by atoms with Gasteiger partial charge in [0, 0.05) is 0 Å². The first-order valence-electron chi connectivity index (χ1n) is 6.43. The second kappa shape index (κ2) is 5.02. The lowest BCUT2D eigenvalue weighted by atomic mass is 9.91. The third kappa shape index (κ3) is 2.36. The molecule has 0 heterocycles. The van der Waals surface area contributed by atoms with Gasteiger partial charge in [-0.1, -0.05) is 57.9 Å². The molecule has 2 aliphatic carbocycles. The summed E-state index contributed by atoms with van der Waals surface area (Å²) in [7, 11) is -0.920. The topological polar surface area (TPSA) is 0 Å². The highest BCUT2D eigenvalue weighted by Crippen LogP contribution is 2.47. The fourth-order valence-electron chi connectivity index (χ4n) is 3.82. The minimum absolute atomic E-state index is 0.920. The molecule has 0 aromatic carbocycles. The zero-order chi connectivity index (χ0) is 9.97. The molecule has 2 aliphatic rings. The van der Waals surface area contributed by atoms with Crippen LogP contribution in [0.15, 0.2) is 0 Å². The molecule has 0 aromatic rings. The van der Waals surface area contributed by atoms with Crippen LogP contribution in [-0.4, -0.2) is 8.11 Å². The van der Waals surface area contributed by atoms with Gasteiger partial charge in [-0.25, -0.2) is 0 Å². The van der Waals surface area contributed by atoms with Crippen molar-refractivity contribution in [2.45, 2.75) is 63.5 Å². The molecule has 14 heavy (non-hydrogen) atoms. The van der Waals surface area contributed by atoms with Crippen LogP contribution in [0.3, 0.4) is 0 Å². The first-order valence-corrected chi connectivity index (χ1v) is 10.00. The molecule has 0 radical (unpaired) electrons. The summed E-state index contributed by atoms with van der Waals surface area (Å²) in [6, 6.07) is 0. The predicted molar refractivity (Wildman–Crippen MR) is 66.5 cm³/mol. The van der Waals surface area contributed by atoms with Gasteiger partial charge in [0.15, 0.2) is 0 Å². The third-order valence-electron chi connectivity index (χ3n) is 4.42. The van der Waals surface area contributed by atoms with Crippen molar-refractivity contribution in [2.75, 3.05) is 0 Å². The first kappa shape index (κ1) is 11.0. The Hall–Kier alpha value is 0.507. The van der Waals surface area contributed by atoms with Crippen LogP contribution in [0.2, 0.25) is 12.1 Å². The molecule has 0 nitrogen and oxygen atoms in total. The van der Waals surface area contributed by atoms with Gasteiger partial charge >= 0.3 is 0 Å². The Labute approximate surface area is 94.7 Å². The van der Waals surface area contributed by atoms with Crippen LogP contribution in [0.25, 0.3) is 0 Å². The molecule has 0 aliphatic heterocycles. The van der Waals surface area contributed by atoms with E-state index in [0.717, 1.165) is 17.4 Å². The second-order valence-corrected chi connectivity index (χ2v) is 9.53. The average Bonchev–Trinajstić information content (AvgIpc) is 2.75. The maximum absolute atomic E-state index is 6.54. The summed E-state index contributed by atoms with van der Waals surface area (Å²) in [5, 5.41) is 0. The van der Waals surface area contributed by atoms with Gasteiger partial charge in [0.2, 0.25) is 0 Å². The summed E-state index contributed by atoms with van der Waals surface area (Å²) in [5.41, 5.74) is 0.974. The minimum Gasteiger partial charge on any atom is -0.172 e. The standard InChI is InChI=1S/C12H23ClSi/c1-14(13)12(10-6-2-3-7-10)11-8-4-5-9-11/h10-12,14H,2-9H2,1H3. The fraction of sp³-hybridized carbons (Fsp3) is 1.00. The summed E-state index contributed by atoms with van der Waals surface area (Å²) in [6.07, 6.45) is 11.9. The molecule has 1 unspecified atom stereocenters. The summed E-state index contributed by atoms with van der Waals surface area (Å²) >= 11 is 6.54. The Morgan fingerprint density at radius 1 is 0.929 bits per heavy atom. The van der Waals surface area contributed by atoms with Crippen molar-refractivity contribution in [1.82, 2.24) is 0 Å². The van der Waals surface area contributed by atoms with E-state index in [4.69, 9.17) is 11.1 Å². The quantitative estimate of drug-likeness (QED) is 0.500. The van der Waals surface area contributed by atoms with Crippen molar-refractivity contribution >= 4 is 19.2 Å². The van der Waals surface area contributed by atoms with Crippen LogP contribution < -0.4 is 0 Å². The molecule has 82 valence electrons. The first-order chi connectivity index (χ1) is 6.79. The normalized spacial score (nSPS) is 27.6. The van der Waals surface area contributed by atoms with Gasteiger partial charge in [-0.2, -0.15) is 11.1 Å². The van der Waals surface area contributed by atoms with Gasteiger partial charge < -0.3 is 0 Å². The fourth-order valence-corrected chi connectivity index (χ4v) is 7.32. The molecule has 2 rings (SSSR count). The van der Waals surface area contributed by atoms with Crippen molar-refractivity contribution in [2.24, 2.45) is 11.8 Å². The van der Waals surface area contributed by atoms with E-state index in [2.05, 4.69) is 6.55 Å². The Bertz CT molecular complexity index is 153. The molecule has 0 N–H and O–H groups in total. The van der Waals surface area contributed by atoms with E-state index in [1.165, 1.54) is 51.4 Å². The van der Waals surface area contributed by atoms with Crippen LogP contribution >= 0.6 is 11.1 Å². The molecule has 0 spiro atoms. The number of hydrogen-bond acceptors (Lipinski definition) is 0. The van der Waals surface area contributed by atoms with E-state index in [0.29, 0.717) is 0 Å². The van der Waals surface area contributed by atoms with Crippen molar-refractivity contribution in [1.29, 1.82) is 0 Å². The molecule has 0 saturated heterocycles. The van der Waals surface area contributed by atoms with E-state index < -0.39 is 8.11 Å². The van der Waals surface area contributed by atoms with Gasteiger partial charge in [0.1, 0.15) is 8.11 Å². The van der Waals surface area contributed by atoms with Crippen molar-refractivity contribution in [3.8, 4) is 0 Å². The lowest BCUT2D eigenvalue weighted by Crippen LogP contribution is -2.24. The monoisotopic (exact) mass is 230 g/mol. The van der Waals surface area contributed by atoms with E-state index in [1.807, 2.05) is 0 Å². The van der Waals surface area contributed by atoms with Gasteiger partial charge in [-0.15, -0.1) is 0 Å². The van der Waals surface area contributed by atoms with Gasteiger partial charge in [-0.3, -0.25) is 0 Å². The molecular formula is C12H23ClSi. The summed E-state index contributed by atoms with van der Waals surface area (Å²) in [4.78, 5) is 0. The highest BCUT2D eigenvalue weighted by atomic mass is 35.6. The van der Waals surface area contributed by atoms with Crippen molar-refractivity contribution < 1.29 is 0 Å². The Morgan fingerprint density at radius 2 is 1.29 bits per heavy atom. The molecule has 2 saturated carbocycles. The summed E-state index contributed by atoms with van der Waals surface area (Å²) < 4.78 is 0. The Morgan fingerprint density at radius 3 is 1.57 bits per heavy atom. The average molecular weight is 231 g/mol. The SMILES string of the molecule is C[SiH](Cl)C(C1CCCC1)C1CCCC1. The van der Waals surface area contributed by atoms with Crippen LogP contribution in [0.4, 0.5) is 0 Å². The Kier molecular flexibility index (Phi) is 3.95. The smallest absolute Gasteiger partial charge is 0.141 e. The Balaban J connectivity index is 1.98. The molecule has 0 aromatic heterocycles. The number of hydrogen-bond donors (Lipinski definition) is 0. The summed E-state index contributed by atoms with van der Waals surface area (Å²) in [5.74, 6) is 2.05. The zero-order valence-corrected chi connectivity index (χ0v) is 11.3. The maximum Gasteiger partial charge on any atom is 0.141 e. The predicted octanol–water partition coefficient (Wildman–Crippen LogP) is 4.33. The van der Waals surface area contributed by atoms with Gasteiger partial charge in [0.25, 0.3) is 0 Å². The molecule has 1 atom stereocenters. The van der Waals surface area contributed by atoms with E-state index in [1.54, 1.807) is 0 Å². The van der Waals surface area contributed by atoms with Crippen LogP contribution in [-0.2, 0) is 0 Å². The van der Waals surface area contributed by atoms with E-state index >= 15 is 0 Å². The van der Waals surface area contributed by atoms with E-state index in [-0.39, 0.29) is 0 Å². The van der Waals surface area contributed by atoms with Crippen LogP contribution in [0.5, 0.6) is 0 Å². The highest BCUT2D eigenvalue weighted by Gasteiger charge is 2.36. The van der Waals surface area contributed by atoms with Crippen LogP contribution in [0.1, 0.15) is 51.4 Å². The summed E-state index contributed by atoms with van der Waals surface area (Å²) in [6.45, 7) is 2.36. The maximum atomic E-state index is 6.54. The molecule has 0 bridgehead atoms. The highest BCUT2D eigenvalue weighted by molar-refractivity contribution is 7.07. The lowest BCUT2D eigenvalue weighted by molar-refractivity contribution is 0.378. The minimum atomic E-state index is -0.920. The molecule has 2 heteroatoms. The largest absolute Gasteiger partial charge is 0.172 e. The number of halogens is 1.